The summed E-state index contributed by atoms with van der Waals surface area (Å²) >= 11 is 0. The van der Waals surface area contributed by atoms with Crippen molar-refractivity contribution in [1.29, 1.82) is 0 Å². The third kappa shape index (κ3) is 12.7. The second-order valence-electron chi connectivity index (χ2n) is 21.0. The van der Waals surface area contributed by atoms with Gasteiger partial charge in [0.2, 0.25) is 17.7 Å². The van der Waals surface area contributed by atoms with E-state index in [0.717, 1.165) is 41.8 Å². The summed E-state index contributed by atoms with van der Waals surface area (Å²) in [5.74, 6) is 0.595. The van der Waals surface area contributed by atoms with Crippen molar-refractivity contribution in [2.45, 2.75) is 134 Å². The summed E-state index contributed by atoms with van der Waals surface area (Å²) in [6.07, 6.45) is 6.13. The Hall–Kier alpha value is -7.18. The lowest BCUT2D eigenvalue weighted by Crippen LogP contribution is -2.42. The van der Waals surface area contributed by atoms with E-state index >= 15 is 0 Å². The van der Waals surface area contributed by atoms with Crippen LogP contribution in [0.4, 0.5) is 28.4 Å². The highest BCUT2D eigenvalue weighted by molar-refractivity contribution is 8.77. The zero-order valence-corrected chi connectivity index (χ0v) is 47.2. The second kappa shape index (κ2) is 24.2. The van der Waals surface area contributed by atoms with Gasteiger partial charge in [0, 0.05) is 77.3 Å². The van der Waals surface area contributed by atoms with Crippen molar-refractivity contribution < 1.29 is 42.9 Å². The van der Waals surface area contributed by atoms with Gasteiger partial charge in [0.15, 0.2) is 23.0 Å². The molecule has 0 radical (unpaired) electrons. The SMILES string of the molecule is CCC(C)NC(=O)CCC(C)SSC(C)(C)CCC(=O)NC(C)C(=O)Nc1cc(COc2cc3c(cc2OC)C(=O)N2c4ccccc4C[C@H]2C=N3)cc(COc2cc3c(cc2OC)C(=O)N2c4ccccc4CC2CN3)c1. The topological polar surface area (TPSA) is 189 Å². The van der Waals surface area contributed by atoms with Crippen LogP contribution < -0.4 is 50.0 Å². The minimum atomic E-state index is -0.872. The van der Waals surface area contributed by atoms with Crippen molar-refractivity contribution in [2.75, 3.05) is 41.2 Å². The second-order valence-corrected chi connectivity index (χ2v) is 24.4. The molecule has 0 saturated carbocycles. The van der Waals surface area contributed by atoms with Crippen LogP contribution in [0, 0.1) is 0 Å². The highest BCUT2D eigenvalue weighted by Crippen LogP contribution is 2.44. The number of fused-ring (bicyclic) bond motifs is 8. The van der Waals surface area contributed by atoms with Crippen LogP contribution >= 0.6 is 21.6 Å². The molecule has 9 rings (SSSR count). The van der Waals surface area contributed by atoms with E-state index in [0.29, 0.717) is 88.1 Å². The number of aliphatic imine (C=N–C) groups is 1. The molecule has 18 heteroatoms. The molecule has 5 amide bonds. The molecule has 78 heavy (non-hydrogen) atoms. The fourth-order valence-corrected chi connectivity index (χ4v) is 12.7. The van der Waals surface area contributed by atoms with Gasteiger partial charge >= 0.3 is 0 Å². The van der Waals surface area contributed by atoms with E-state index in [9.17, 15) is 24.0 Å². The fraction of sp³-hybridized carbons (Fsp3) is 0.400. The molecule has 4 heterocycles. The Labute approximate surface area is 464 Å². The molecule has 0 spiro atoms. The highest BCUT2D eigenvalue weighted by Gasteiger charge is 2.39. The summed E-state index contributed by atoms with van der Waals surface area (Å²) in [6.45, 7) is 12.6. The average molecular weight is 1100 g/mol. The van der Waals surface area contributed by atoms with E-state index in [4.69, 9.17) is 23.9 Å². The van der Waals surface area contributed by atoms with Crippen LogP contribution in [0.2, 0.25) is 0 Å². The van der Waals surface area contributed by atoms with Gasteiger partial charge in [-0.05, 0) is 118 Å². The number of para-hydroxylation sites is 2. The van der Waals surface area contributed by atoms with Crippen LogP contribution in [0.1, 0.15) is 117 Å². The average Bonchev–Trinajstić information content (AvgIpc) is 4.01. The van der Waals surface area contributed by atoms with Crippen molar-refractivity contribution in [2.24, 2.45) is 4.99 Å². The van der Waals surface area contributed by atoms with Crippen molar-refractivity contribution in [3.63, 3.8) is 0 Å². The molecular formula is C60H69N7O9S2. The number of hydrogen-bond acceptors (Lipinski definition) is 13. The van der Waals surface area contributed by atoms with Crippen molar-refractivity contribution in [3.8, 4) is 23.0 Å². The van der Waals surface area contributed by atoms with E-state index in [2.05, 4.69) is 48.1 Å². The van der Waals surface area contributed by atoms with Gasteiger partial charge in [0.25, 0.3) is 11.8 Å². The van der Waals surface area contributed by atoms with Crippen LogP contribution in [0.15, 0.2) is 96.0 Å². The Morgan fingerprint density at radius 2 is 1.37 bits per heavy atom. The molecule has 5 atom stereocenters. The van der Waals surface area contributed by atoms with E-state index in [1.807, 2.05) is 67.3 Å². The number of ether oxygens (including phenoxy) is 4. The maximum absolute atomic E-state index is 14.2. The molecule has 4 aliphatic rings. The summed E-state index contributed by atoms with van der Waals surface area (Å²) in [6, 6.07) is 27.2. The number of carbonyl (C=O) groups excluding carboxylic acids is 5. The Morgan fingerprint density at radius 1 is 0.756 bits per heavy atom. The predicted octanol–water partition coefficient (Wildman–Crippen LogP) is 10.6. The lowest BCUT2D eigenvalue weighted by molar-refractivity contribution is -0.126. The van der Waals surface area contributed by atoms with E-state index in [-0.39, 0.29) is 71.4 Å². The van der Waals surface area contributed by atoms with Crippen LogP contribution in [0.5, 0.6) is 23.0 Å². The first kappa shape index (κ1) is 55.6. The van der Waals surface area contributed by atoms with E-state index in [1.165, 1.54) is 14.2 Å². The van der Waals surface area contributed by atoms with Crippen molar-refractivity contribution in [1.82, 2.24) is 10.6 Å². The number of rotatable bonds is 22. The maximum atomic E-state index is 14.2. The van der Waals surface area contributed by atoms with Gasteiger partial charge in [0.05, 0.1) is 48.8 Å². The quantitative estimate of drug-likeness (QED) is 0.0481. The summed E-state index contributed by atoms with van der Waals surface area (Å²) in [7, 11) is 6.47. The maximum Gasteiger partial charge on any atom is 0.261 e. The van der Waals surface area contributed by atoms with Crippen molar-refractivity contribution in [3.05, 3.63) is 124 Å². The minimum absolute atomic E-state index is 0.0192. The van der Waals surface area contributed by atoms with Gasteiger partial charge in [-0.25, -0.2) is 0 Å². The number of nitrogens with one attached hydrogen (secondary N) is 4. The molecule has 0 saturated heterocycles. The number of benzene rings is 5. The first-order chi connectivity index (χ1) is 37.5. The molecule has 0 bridgehead atoms. The number of anilines is 4. The predicted molar refractivity (Wildman–Crippen MR) is 311 cm³/mol. The molecule has 4 unspecified atom stereocenters. The largest absolute Gasteiger partial charge is 0.493 e. The Kier molecular flexibility index (Phi) is 17.3. The van der Waals surface area contributed by atoms with Crippen LogP contribution in [0.25, 0.3) is 0 Å². The van der Waals surface area contributed by atoms with Crippen LogP contribution in [0.3, 0.4) is 0 Å². The standard InChI is InChI=1S/C60H69N7O9S2/c1-9-35(2)63-55(68)19-18-36(3)77-78-60(5,6)21-20-56(69)64-37(4)57(70)65-42-23-38(33-75-53-29-47-45(27-51(53)73-7)58(71)66-43(31-61-47)25-40-14-10-12-16-49(40)66)22-39(24-42)34-76-54-30-48-46(28-52(54)74-8)59(72)67-44(32-62-48)26-41-15-11-13-17-50(41)67/h10-17,22-24,27-31,35-37,43-44,62H,9,18-21,25-26,32-34H2,1-8H3,(H,63,68)(H,64,69)(H,65,70)/t35?,36?,37?,43-,44?/m0/s1. The minimum Gasteiger partial charge on any atom is -0.493 e. The fourth-order valence-electron chi connectivity index (χ4n) is 10.1. The number of nitrogens with zero attached hydrogens (tertiary/aromatic N) is 3. The zero-order chi connectivity index (χ0) is 55.3. The molecule has 5 aromatic carbocycles. The molecule has 4 aliphatic heterocycles. The summed E-state index contributed by atoms with van der Waals surface area (Å²) < 4.78 is 24.3. The zero-order valence-electron chi connectivity index (χ0n) is 45.5. The van der Waals surface area contributed by atoms with Gasteiger partial charge < -0.3 is 45.1 Å². The third-order valence-corrected chi connectivity index (χ3v) is 18.5. The molecular weight excluding hydrogens is 1030 g/mol. The smallest absolute Gasteiger partial charge is 0.261 e. The van der Waals surface area contributed by atoms with E-state index < -0.39 is 11.9 Å². The van der Waals surface area contributed by atoms with Gasteiger partial charge in [-0.2, -0.15) is 0 Å². The Bertz CT molecular complexity index is 3130. The number of methoxy groups -OCH3 is 2. The lowest BCUT2D eigenvalue weighted by atomic mass is 10.1. The van der Waals surface area contributed by atoms with Crippen LogP contribution in [-0.4, -0.2) is 90.7 Å². The monoisotopic (exact) mass is 1100 g/mol. The first-order valence-electron chi connectivity index (χ1n) is 26.7. The number of hydrogen-bond donors (Lipinski definition) is 4. The first-order valence-corrected chi connectivity index (χ1v) is 28.9. The molecule has 0 aromatic heterocycles. The molecule has 16 nitrogen and oxygen atoms in total. The van der Waals surface area contributed by atoms with Gasteiger partial charge in [-0.15, -0.1) is 0 Å². The Morgan fingerprint density at radius 3 is 2.05 bits per heavy atom. The van der Waals surface area contributed by atoms with Gasteiger partial charge in [0.1, 0.15) is 19.3 Å². The summed E-state index contributed by atoms with van der Waals surface area (Å²) in [5.41, 5.74) is 7.71. The molecule has 0 fully saturated rings. The molecule has 4 N–H and O–H groups in total. The molecule has 5 aromatic rings. The van der Waals surface area contributed by atoms with Crippen LogP contribution in [-0.2, 0) is 40.4 Å². The number of amides is 5. The van der Waals surface area contributed by atoms with E-state index in [1.54, 1.807) is 76.0 Å². The molecule has 0 aliphatic carbocycles. The number of carbonyl (C=O) groups is 5. The lowest BCUT2D eigenvalue weighted by Gasteiger charge is -2.25. The summed E-state index contributed by atoms with van der Waals surface area (Å²) in [4.78, 5) is 76.2. The summed E-state index contributed by atoms with van der Waals surface area (Å²) in [5, 5.41) is 12.6. The van der Waals surface area contributed by atoms with Gasteiger partial charge in [-0.3, -0.25) is 33.9 Å². The van der Waals surface area contributed by atoms with Gasteiger partial charge in [-0.1, -0.05) is 71.8 Å². The Balaban J connectivity index is 0.894. The van der Waals surface area contributed by atoms with Crippen molar-refractivity contribution >= 4 is 85.8 Å². The third-order valence-electron chi connectivity index (χ3n) is 14.6. The highest BCUT2D eigenvalue weighted by atomic mass is 33.1. The molecule has 410 valence electrons. The normalized spacial score (nSPS) is 17.1.